The Morgan fingerprint density at radius 3 is 2.83 bits per heavy atom. The monoisotopic (exact) mass is 394 g/mol. The molecule has 3 heterocycles. The van der Waals surface area contributed by atoms with Crippen molar-refractivity contribution in [2.45, 2.75) is 52.1 Å². The predicted octanol–water partition coefficient (Wildman–Crippen LogP) is 3.16. The van der Waals surface area contributed by atoms with Gasteiger partial charge in [-0.25, -0.2) is 9.97 Å². The molecule has 0 N–H and O–H groups in total. The molecule has 1 atom stereocenters. The third-order valence-corrected chi connectivity index (χ3v) is 5.90. The molecule has 2 aromatic rings. The van der Waals surface area contributed by atoms with Crippen molar-refractivity contribution in [3.8, 4) is 5.75 Å². The second kappa shape index (κ2) is 8.91. The van der Waals surface area contributed by atoms with E-state index in [0.717, 1.165) is 63.6 Å². The Kier molecular flexibility index (Phi) is 6.09. The molecule has 2 aliphatic rings. The third kappa shape index (κ3) is 4.75. The fraction of sp³-hybridized carbons (Fsp3) is 0.522. The van der Waals surface area contributed by atoms with Crippen molar-refractivity contribution in [3.63, 3.8) is 0 Å². The zero-order chi connectivity index (χ0) is 20.2. The summed E-state index contributed by atoms with van der Waals surface area (Å²) >= 11 is 0. The van der Waals surface area contributed by atoms with Gasteiger partial charge in [0.25, 0.3) is 0 Å². The standard InChI is InChI=1S/C23H30N4O2/c1-3-29-21-8-6-18(7-9-21)14-26-12-10-22-20(15-26)13-24-23(25-22)19-5-4-11-27(16-19)17(2)28/h6-9,13,19H,3-5,10-12,14-16H2,1-2H3/t19-/m0/s1. The summed E-state index contributed by atoms with van der Waals surface area (Å²) in [4.78, 5) is 25.7. The lowest BCUT2D eigenvalue weighted by Gasteiger charge is -2.32. The molecule has 1 saturated heterocycles. The van der Waals surface area contributed by atoms with Gasteiger partial charge in [-0.3, -0.25) is 9.69 Å². The Morgan fingerprint density at radius 1 is 1.24 bits per heavy atom. The van der Waals surface area contributed by atoms with E-state index in [9.17, 15) is 4.79 Å². The minimum absolute atomic E-state index is 0.151. The van der Waals surface area contributed by atoms with Crippen molar-refractivity contribution in [1.82, 2.24) is 19.8 Å². The second-order valence-corrected chi connectivity index (χ2v) is 8.04. The Labute approximate surface area is 172 Å². The minimum Gasteiger partial charge on any atom is -0.494 e. The summed E-state index contributed by atoms with van der Waals surface area (Å²) in [7, 11) is 0. The van der Waals surface area contributed by atoms with Crippen molar-refractivity contribution in [2.75, 3.05) is 26.2 Å². The lowest BCUT2D eigenvalue weighted by molar-refractivity contribution is -0.130. The van der Waals surface area contributed by atoms with Crippen molar-refractivity contribution in [3.05, 3.63) is 53.1 Å². The summed E-state index contributed by atoms with van der Waals surface area (Å²) in [5.74, 6) is 2.25. The number of amides is 1. The van der Waals surface area contributed by atoms with Crippen LogP contribution in [0.3, 0.4) is 0 Å². The number of hydrogen-bond donors (Lipinski definition) is 0. The van der Waals surface area contributed by atoms with E-state index in [1.54, 1.807) is 6.92 Å². The Hall–Kier alpha value is -2.47. The van der Waals surface area contributed by atoms with E-state index in [1.165, 1.54) is 16.8 Å². The fourth-order valence-electron chi connectivity index (χ4n) is 4.31. The number of carbonyl (C=O) groups is 1. The van der Waals surface area contributed by atoms with E-state index < -0.39 is 0 Å². The molecule has 2 aliphatic heterocycles. The quantitative estimate of drug-likeness (QED) is 0.780. The lowest BCUT2D eigenvalue weighted by atomic mass is 9.96. The van der Waals surface area contributed by atoms with Crippen LogP contribution in [0.1, 0.15) is 55.3 Å². The molecule has 4 rings (SSSR count). The molecule has 0 unspecified atom stereocenters. The SMILES string of the molecule is CCOc1ccc(CN2CCc3nc([C@H]4CCCN(C(C)=O)C4)ncc3C2)cc1. The van der Waals surface area contributed by atoms with Gasteiger partial charge < -0.3 is 9.64 Å². The van der Waals surface area contributed by atoms with E-state index in [4.69, 9.17) is 14.7 Å². The summed E-state index contributed by atoms with van der Waals surface area (Å²) in [5.41, 5.74) is 3.70. The Morgan fingerprint density at radius 2 is 2.07 bits per heavy atom. The van der Waals surface area contributed by atoms with Crippen molar-refractivity contribution >= 4 is 5.91 Å². The van der Waals surface area contributed by atoms with Crippen molar-refractivity contribution in [2.24, 2.45) is 0 Å². The van der Waals surface area contributed by atoms with Gasteiger partial charge in [-0.15, -0.1) is 0 Å². The molecular formula is C23H30N4O2. The fourth-order valence-corrected chi connectivity index (χ4v) is 4.31. The van der Waals surface area contributed by atoms with Gasteiger partial charge in [0.05, 0.1) is 6.61 Å². The zero-order valence-corrected chi connectivity index (χ0v) is 17.4. The number of benzene rings is 1. The minimum atomic E-state index is 0.151. The normalized spacial score (nSPS) is 19.7. The molecule has 1 aromatic carbocycles. The first kappa shape index (κ1) is 19.8. The molecule has 0 aliphatic carbocycles. The number of fused-ring (bicyclic) bond motifs is 1. The van der Waals surface area contributed by atoms with E-state index in [-0.39, 0.29) is 11.8 Å². The maximum Gasteiger partial charge on any atom is 0.219 e. The van der Waals surface area contributed by atoms with Gasteiger partial charge in [0, 0.05) is 69.4 Å². The van der Waals surface area contributed by atoms with Crippen LogP contribution in [-0.2, 0) is 24.3 Å². The summed E-state index contributed by atoms with van der Waals surface area (Å²) in [6, 6.07) is 8.37. The highest BCUT2D eigenvalue weighted by Gasteiger charge is 2.26. The molecule has 0 saturated carbocycles. The van der Waals surface area contributed by atoms with Gasteiger partial charge in [0.1, 0.15) is 11.6 Å². The number of hydrogen-bond acceptors (Lipinski definition) is 5. The third-order valence-electron chi connectivity index (χ3n) is 5.90. The number of carbonyl (C=O) groups excluding carboxylic acids is 1. The molecule has 0 radical (unpaired) electrons. The largest absolute Gasteiger partial charge is 0.494 e. The van der Waals surface area contributed by atoms with Crippen molar-refractivity contribution in [1.29, 1.82) is 0 Å². The average Bonchev–Trinajstić information content (AvgIpc) is 2.75. The molecule has 1 aromatic heterocycles. The molecule has 1 amide bonds. The first-order valence-corrected chi connectivity index (χ1v) is 10.7. The lowest BCUT2D eigenvalue weighted by Crippen LogP contribution is -2.38. The maximum absolute atomic E-state index is 11.7. The van der Waals surface area contributed by atoms with Gasteiger partial charge in [-0.1, -0.05) is 12.1 Å². The van der Waals surface area contributed by atoms with E-state index in [0.29, 0.717) is 6.61 Å². The zero-order valence-electron chi connectivity index (χ0n) is 17.4. The van der Waals surface area contributed by atoms with Gasteiger partial charge in [-0.05, 0) is 37.5 Å². The Balaban J connectivity index is 1.39. The molecule has 6 heteroatoms. The van der Waals surface area contributed by atoms with E-state index >= 15 is 0 Å². The first-order chi connectivity index (χ1) is 14.1. The highest BCUT2D eigenvalue weighted by molar-refractivity contribution is 5.73. The summed E-state index contributed by atoms with van der Waals surface area (Å²) < 4.78 is 5.53. The molecule has 154 valence electrons. The van der Waals surface area contributed by atoms with Crippen LogP contribution in [0.4, 0.5) is 0 Å². The molecule has 0 spiro atoms. The average molecular weight is 395 g/mol. The maximum atomic E-state index is 11.7. The molecule has 6 nitrogen and oxygen atoms in total. The molecule has 0 bridgehead atoms. The van der Waals surface area contributed by atoms with Crippen LogP contribution in [0, 0.1) is 0 Å². The van der Waals surface area contributed by atoms with E-state index in [2.05, 4.69) is 17.0 Å². The topological polar surface area (TPSA) is 58.6 Å². The summed E-state index contributed by atoms with van der Waals surface area (Å²) in [6.45, 7) is 8.75. The predicted molar refractivity (Wildman–Crippen MR) is 112 cm³/mol. The first-order valence-electron chi connectivity index (χ1n) is 10.7. The summed E-state index contributed by atoms with van der Waals surface area (Å²) in [6.07, 6.45) is 5.05. The van der Waals surface area contributed by atoms with E-state index in [1.807, 2.05) is 30.2 Å². The van der Waals surface area contributed by atoms with Crippen LogP contribution in [0.5, 0.6) is 5.75 Å². The van der Waals surface area contributed by atoms with Crippen LogP contribution < -0.4 is 4.74 Å². The number of aromatic nitrogens is 2. The van der Waals surface area contributed by atoms with Gasteiger partial charge in [0.2, 0.25) is 5.91 Å². The molecule has 1 fully saturated rings. The van der Waals surface area contributed by atoms with Gasteiger partial charge in [-0.2, -0.15) is 0 Å². The summed E-state index contributed by atoms with van der Waals surface area (Å²) in [5, 5.41) is 0. The molecular weight excluding hydrogens is 364 g/mol. The molecule has 29 heavy (non-hydrogen) atoms. The number of ether oxygens (including phenoxy) is 1. The Bertz CT molecular complexity index is 852. The second-order valence-electron chi connectivity index (χ2n) is 8.04. The highest BCUT2D eigenvalue weighted by atomic mass is 16.5. The number of nitrogens with zero attached hydrogens (tertiary/aromatic N) is 4. The van der Waals surface area contributed by atoms with Crippen LogP contribution in [0.2, 0.25) is 0 Å². The smallest absolute Gasteiger partial charge is 0.219 e. The van der Waals surface area contributed by atoms with Crippen LogP contribution >= 0.6 is 0 Å². The van der Waals surface area contributed by atoms with Crippen LogP contribution in [0.25, 0.3) is 0 Å². The van der Waals surface area contributed by atoms with Crippen LogP contribution in [-0.4, -0.2) is 51.9 Å². The van der Waals surface area contributed by atoms with Gasteiger partial charge in [0.15, 0.2) is 0 Å². The van der Waals surface area contributed by atoms with Crippen LogP contribution in [0.15, 0.2) is 30.5 Å². The van der Waals surface area contributed by atoms with Gasteiger partial charge >= 0.3 is 0 Å². The highest BCUT2D eigenvalue weighted by Crippen LogP contribution is 2.27. The number of likely N-dealkylation sites (tertiary alicyclic amines) is 1. The number of piperidine rings is 1. The number of rotatable bonds is 5. The van der Waals surface area contributed by atoms with Crippen molar-refractivity contribution < 1.29 is 9.53 Å².